The van der Waals surface area contributed by atoms with Crippen LogP contribution in [0.2, 0.25) is 4.34 Å². The number of carbonyl (C=O) groups is 1. The van der Waals surface area contributed by atoms with Crippen molar-refractivity contribution in [2.45, 2.75) is 12.6 Å². The lowest BCUT2D eigenvalue weighted by atomic mass is 10.1. The third-order valence-electron chi connectivity index (χ3n) is 2.96. The standard InChI is InChI=1S/C14H15ClN2O3S/c1-17(8-12-16-7-11(15)21-12)13(14(19)20-2)9-4-3-5-10(18)6-9/h3-7,13,18H,8H2,1-2H3. The number of methoxy groups -OCH3 is 1. The molecule has 1 atom stereocenters. The lowest BCUT2D eigenvalue weighted by Crippen LogP contribution is -2.31. The Bertz CT molecular complexity index is 632. The number of ether oxygens (including phenoxy) is 1. The second-order valence-electron chi connectivity index (χ2n) is 4.49. The smallest absolute Gasteiger partial charge is 0.327 e. The molecule has 0 aliphatic rings. The van der Waals surface area contributed by atoms with E-state index in [4.69, 9.17) is 16.3 Å². The number of hydrogen-bond acceptors (Lipinski definition) is 6. The topological polar surface area (TPSA) is 62.7 Å². The Morgan fingerprint density at radius 2 is 2.33 bits per heavy atom. The highest BCUT2D eigenvalue weighted by atomic mass is 35.5. The number of hydrogen-bond donors (Lipinski definition) is 1. The van der Waals surface area contributed by atoms with E-state index < -0.39 is 12.0 Å². The summed E-state index contributed by atoms with van der Waals surface area (Å²) in [4.78, 5) is 18.1. The van der Waals surface area contributed by atoms with E-state index in [0.717, 1.165) is 5.01 Å². The maximum Gasteiger partial charge on any atom is 0.327 e. The zero-order valence-corrected chi connectivity index (χ0v) is 13.2. The molecular formula is C14H15ClN2O3S. The van der Waals surface area contributed by atoms with Crippen LogP contribution in [0.4, 0.5) is 0 Å². The van der Waals surface area contributed by atoms with Crippen LogP contribution in [0.1, 0.15) is 16.6 Å². The first kappa shape index (κ1) is 15.8. The van der Waals surface area contributed by atoms with E-state index in [1.807, 2.05) is 0 Å². The largest absolute Gasteiger partial charge is 0.508 e. The molecule has 0 saturated heterocycles. The van der Waals surface area contributed by atoms with Gasteiger partial charge in [-0.3, -0.25) is 4.90 Å². The van der Waals surface area contributed by atoms with Gasteiger partial charge in [0.15, 0.2) is 0 Å². The molecule has 1 N–H and O–H groups in total. The number of likely N-dealkylation sites (N-methyl/N-ethyl adjacent to an activating group) is 1. The van der Waals surface area contributed by atoms with Crippen LogP contribution in [-0.4, -0.2) is 35.1 Å². The number of carbonyl (C=O) groups excluding carboxylic acids is 1. The second kappa shape index (κ2) is 6.89. The summed E-state index contributed by atoms with van der Waals surface area (Å²) in [5, 5.41) is 10.4. The second-order valence-corrected chi connectivity index (χ2v) is 6.24. The van der Waals surface area contributed by atoms with E-state index in [1.165, 1.54) is 18.4 Å². The normalized spacial score (nSPS) is 12.4. The van der Waals surface area contributed by atoms with Crippen molar-refractivity contribution < 1.29 is 14.6 Å². The summed E-state index contributed by atoms with van der Waals surface area (Å²) in [6, 6.07) is 5.94. The number of aromatic hydroxyl groups is 1. The molecule has 0 aliphatic carbocycles. The van der Waals surface area contributed by atoms with Crippen molar-refractivity contribution in [1.82, 2.24) is 9.88 Å². The first-order chi connectivity index (χ1) is 10.0. The fourth-order valence-electron chi connectivity index (χ4n) is 2.04. The first-order valence-electron chi connectivity index (χ1n) is 6.18. The number of aromatic nitrogens is 1. The SMILES string of the molecule is COC(=O)C(c1cccc(O)c1)N(C)Cc1ncc(Cl)s1. The molecule has 112 valence electrons. The average Bonchev–Trinajstić information content (AvgIpc) is 2.84. The molecule has 2 rings (SSSR count). The lowest BCUT2D eigenvalue weighted by Gasteiger charge is -2.25. The molecule has 1 heterocycles. The maximum absolute atomic E-state index is 12.1. The van der Waals surface area contributed by atoms with E-state index in [1.54, 1.807) is 42.4 Å². The van der Waals surface area contributed by atoms with Crippen molar-refractivity contribution in [3.63, 3.8) is 0 Å². The van der Waals surface area contributed by atoms with Gasteiger partial charge in [0, 0.05) is 0 Å². The summed E-state index contributed by atoms with van der Waals surface area (Å²) >= 11 is 7.23. The zero-order valence-electron chi connectivity index (χ0n) is 11.6. The Morgan fingerprint density at radius 1 is 1.57 bits per heavy atom. The molecule has 1 unspecified atom stereocenters. The molecule has 0 bridgehead atoms. The number of rotatable bonds is 5. The van der Waals surface area contributed by atoms with Crippen LogP contribution in [0.3, 0.4) is 0 Å². The predicted molar refractivity (Wildman–Crippen MR) is 81.5 cm³/mol. The molecule has 0 fully saturated rings. The van der Waals surface area contributed by atoms with E-state index in [0.29, 0.717) is 16.4 Å². The van der Waals surface area contributed by atoms with Crippen LogP contribution in [-0.2, 0) is 16.1 Å². The number of phenolic OH excluding ortho intramolecular Hbond substituents is 1. The van der Waals surface area contributed by atoms with Crippen LogP contribution in [0.5, 0.6) is 5.75 Å². The van der Waals surface area contributed by atoms with Gasteiger partial charge < -0.3 is 9.84 Å². The Hall–Kier alpha value is -1.63. The van der Waals surface area contributed by atoms with Gasteiger partial charge in [-0.2, -0.15) is 0 Å². The molecule has 1 aromatic heterocycles. The minimum absolute atomic E-state index is 0.104. The molecule has 0 spiro atoms. The molecule has 0 radical (unpaired) electrons. The Morgan fingerprint density at radius 3 is 2.90 bits per heavy atom. The number of thiazole rings is 1. The highest BCUT2D eigenvalue weighted by Gasteiger charge is 2.27. The predicted octanol–water partition coefficient (Wildman–Crippen LogP) is 2.85. The van der Waals surface area contributed by atoms with E-state index in [-0.39, 0.29) is 5.75 Å². The van der Waals surface area contributed by atoms with Crippen LogP contribution in [0, 0.1) is 0 Å². The Labute approximate surface area is 131 Å². The van der Waals surface area contributed by atoms with Gasteiger partial charge in [0.05, 0.1) is 19.9 Å². The Kier molecular flexibility index (Phi) is 5.17. The van der Waals surface area contributed by atoms with Crippen LogP contribution in [0.15, 0.2) is 30.5 Å². The molecule has 1 aromatic carbocycles. The van der Waals surface area contributed by atoms with Crippen LogP contribution in [0.25, 0.3) is 0 Å². The van der Waals surface area contributed by atoms with Crippen molar-refractivity contribution in [2.75, 3.05) is 14.2 Å². The molecule has 7 heteroatoms. The minimum atomic E-state index is -0.621. The van der Waals surface area contributed by atoms with Gasteiger partial charge in [-0.15, -0.1) is 11.3 Å². The summed E-state index contributed by atoms with van der Waals surface area (Å²) in [6.07, 6.45) is 1.58. The first-order valence-corrected chi connectivity index (χ1v) is 7.38. The van der Waals surface area contributed by atoms with Crippen molar-refractivity contribution >= 4 is 28.9 Å². The van der Waals surface area contributed by atoms with Crippen molar-refractivity contribution in [3.05, 3.63) is 45.4 Å². The van der Waals surface area contributed by atoms with Crippen LogP contribution >= 0.6 is 22.9 Å². The highest BCUT2D eigenvalue weighted by molar-refractivity contribution is 7.15. The Balaban J connectivity index is 2.25. The van der Waals surface area contributed by atoms with E-state index in [2.05, 4.69) is 4.98 Å². The number of benzene rings is 1. The summed E-state index contributed by atoms with van der Waals surface area (Å²) in [5.74, 6) is -0.294. The molecule has 2 aromatic rings. The van der Waals surface area contributed by atoms with Gasteiger partial charge in [0.1, 0.15) is 21.1 Å². The molecule has 0 aliphatic heterocycles. The highest BCUT2D eigenvalue weighted by Crippen LogP contribution is 2.27. The summed E-state index contributed by atoms with van der Waals surface area (Å²) < 4.78 is 5.47. The van der Waals surface area contributed by atoms with Crippen molar-refractivity contribution in [3.8, 4) is 5.75 Å². The van der Waals surface area contributed by atoms with Gasteiger partial charge in [-0.05, 0) is 24.7 Å². The summed E-state index contributed by atoms with van der Waals surface area (Å²) in [7, 11) is 3.13. The third-order valence-corrected chi connectivity index (χ3v) is 4.06. The lowest BCUT2D eigenvalue weighted by molar-refractivity contribution is -0.147. The van der Waals surface area contributed by atoms with Gasteiger partial charge in [0.25, 0.3) is 0 Å². The number of esters is 1. The van der Waals surface area contributed by atoms with Gasteiger partial charge in [-0.25, -0.2) is 9.78 Å². The van der Waals surface area contributed by atoms with Gasteiger partial charge in [0.2, 0.25) is 0 Å². The van der Waals surface area contributed by atoms with Gasteiger partial charge >= 0.3 is 5.97 Å². The number of nitrogens with zero attached hydrogens (tertiary/aromatic N) is 2. The third kappa shape index (κ3) is 3.93. The maximum atomic E-state index is 12.1. The fourth-order valence-corrected chi connectivity index (χ4v) is 3.06. The molecule has 5 nitrogen and oxygen atoms in total. The minimum Gasteiger partial charge on any atom is -0.508 e. The van der Waals surface area contributed by atoms with Gasteiger partial charge in [-0.1, -0.05) is 23.7 Å². The van der Waals surface area contributed by atoms with E-state index >= 15 is 0 Å². The number of halogens is 1. The molecule has 21 heavy (non-hydrogen) atoms. The molecule has 0 amide bonds. The molecular weight excluding hydrogens is 312 g/mol. The fraction of sp³-hybridized carbons (Fsp3) is 0.286. The monoisotopic (exact) mass is 326 g/mol. The zero-order chi connectivity index (χ0) is 15.4. The van der Waals surface area contributed by atoms with Crippen molar-refractivity contribution in [1.29, 1.82) is 0 Å². The van der Waals surface area contributed by atoms with Crippen molar-refractivity contribution in [2.24, 2.45) is 0 Å². The quantitative estimate of drug-likeness (QED) is 0.856. The summed E-state index contributed by atoms with van der Waals surface area (Å²) in [6.45, 7) is 0.451. The summed E-state index contributed by atoms with van der Waals surface area (Å²) in [5.41, 5.74) is 0.659. The van der Waals surface area contributed by atoms with E-state index in [9.17, 15) is 9.90 Å². The molecule has 0 saturated carbocycles. The number of phenols is 1. The van der Waals surface area contributed by atoms with Crippen LogP contribution < -0.4 is 0 Å². The average molecular weight is 327 g/mol.